The Morgan fingerprint density at radius 3 is 2.26 bits per heavy atom. The Labute approximate surface area is 137 Å². The fourth-order valence-corrected chi connectivity index (χ4v) is 1.85. The Morgan fingerprint density at radius 2 is 1.74 bits per heavy atom. The number of carbonyl (C=O) groups excluding carboxylic acids is 2. The predicted molar refractivity (Wildman–Crippen MR) is 87.3 cm³/mol. The lowest BCUT2D eigenvalue weighted by Gasteiger charge is -2.26. The van der Waals surface area contributed by atoms with Gasteiger partial charge in [-0.15, -0.1) is 0 Å². The number of benzene rings is 1. The molecule has 0 aromatic heterocycles. The topological polar surface area (TPSA) is 81.9 Å². The van der Waals surface area contributed by atoms with Gasteiger partial charge in [-0.3, -0.25) is 15.4 Å². The van der Waals surface area contributed by atoms with Gasteiger partial charge in [0.2, 0.25) is 0 Å². The van der Waals surface area contributed by atoms with E-state index in [1.165, 1.54) is 6.92 Å². The van der Waals surface area contributed by atoms with Gasteiger partial charge in [0.25, 0.3) is 0 Å². The molecular weight excluding hydrogens is 296 g/mol. The van der Waals surface area contributed by atoms with Crippen molar-refractivity contribution in [1.82, 2.24) is 4.90 Å². The van der Waals surface area contributed by atoms with Gasteiger partial charge < -0.3 is 9.47 Å². The van der Waals surface area contributed by atoms with Gasteiger partial charge >= 0.3 is 11.9 Å². The highest BCUT2D eigenvalue weighted by atomic mass is 16.6. The molecule has 0 saturated heterocycles. The van der Waals surface area contributed by atoms with Crippen molar-refractivity contribution in [3.05, 3.63) is 35.9 Å². The Kier molecular flexibility index (Phi) is 6.72. The highest BCUT2D eigenvalue weighted by Crippen LogP contribution is 2.10. The molecule has 0 heterocycles. The van der Waals surface area contributed by atoms with Crippen LogP contribution in [0.4, 0.5) is 0 Å². The van der Waals surface area contributed by atoms with Gasteiger partial charge in [-0.2, -0.15) is 0 Å². The summed E-state index contributed by atoms with van der Waals surface area (Å²) in [6, 6.07) is 9.30. The van der Waals surface area contributed by atoms with Gasteiger partial charge in [0.05, 0.1) is 0 Å². The number of ether oxygens (including phenoxy) is 2. The Hall–Kier alpha value is -1.92. The van der Waals surface area contributed by atoms with E-state index in [0.717, 1.165) is 5.56 Å². The summed E-state index contributed by atoms with van der Waals surface area (Å²) in [6.45, 7) is 6.91. The number of esters is 2. The van der Waals surface area contributed by atoms with Crippen molar-refractivity contribution in [3.8, 4) is 0 Å². The van der Waals surface area contributed by atoms with Crippen molar-refractivity contribution in [1.29, 1.82) is 0 Å². The van der Waals surface area contributed by atoms with Crippen molar-refractivity contribution >= 4 is 11.9 Å². The lowest BCUT2D eigenvalue weighted by Crippen LogP contribution is -2.43. The van der Waals surface area contributed by atoms with Gasteiger partial charge in [0, 0.05) is 6.54 Å². The number of hydrogen-bond acceptors (Lipinski definition) is 6. The van der Waals surface area contributed by atoms with Crippen LogP contribution in [-0.2, 0) is 25.6 Å². The molecule has 0 aliphatic carbocycles. The predicted octanol–water partition coefficient (Wildman–Crippen LogP) is 1.68. The van der Waals surface area contributed by atoms with Crippen LogP contribution in [0, 0.1) is 0 Å². The minimum atomic E-state index is -1.10. The summed E-state index contributed by atoms with van der Waals surface area (Å²) in [6.07, 6.45) is -1.00. The molecule has 0 bridgehead atoms. The van der Waals surface area contributed by atoms with Crippen LogP contribution in [-0.4, -0.2) is 41.8 Å². The van der Waals surface area contributed by atoms with Crippen molar-refractivity contribution < 1.29 is 19.1 Å². The maximum Gasteiger partial charge on any atom is 0.348 e. The highest BCUT2D eigenvalue weighted by molar-refractivity contribution is 5.81. The van der Waals surface area contributed by atoms with Crippen LogP contribution in [0.3, 0.4) is 0 Å². The van der Waals surface area contributed by atoms with E-state index in [-0.39, 0.29) is 0 Å². The molecule has 1 aromatic carbocycles. The first-order chi connectivity index (χ1) is 10.6. The molecule has 0 aliphatic heterocycles. The highest BCUT2D eigenvalue weighted by Gasteiger charge is 2.28. The van der Waals surface area contributed by atoms with Gasteiger partial charge in [-0.05, 0) is 40.3 Å². The molecule has 0 radical (unpaired) electrons. The van der Waals surface area contributed by atoms with Gasteiger partial charge in [-0.1, -0.05) is 30.3 Å². The summed E-state index contributed by atoms with van der Waals surface area (Å²) in [4.78, 5) is 25.8. The van der Waals surface area contributed by atoms with Crippen molar-refractivity contribution in [3.63, 3.8) is 0 Å². The molecule has 0 fully saturated rings. The van der Waals surface area contributed by atoms with E-state index >= 15 is 0 Å². The molecule has 1 aromatic rings. The van der Waals surface area contributed by atoms with Crippen LogP contribution < -0.4 is 5.73 Å². The largest absolute Gasteiger partial charge is 0.449 e. The quantitative estimate of drug-likeness (QED) is 0.607. The van der Waals surface area contributed by atoms with Crippen LogP contribution >= 0.6 is 0 Å². The standard InChI is InChI=1S/C17H26N2O4/c1-12(19(5)11-14-9-7-6-8-10-14)15(20)22-13(2)16(21)23-17(3,4)18/h6-10,12-13H,11,18H2,1-5H3. The van der Waals surface area contributed by atoms with Gasteiger partial charge in [-0.25, -0.2) is 4.79 Å². The van der Waals surface area contributed by atoms with Gasteiger partial charge in [0.15, 0.2) is 11.8 Å². The normalized spacial score (nSPS) is 14.2. The lowest BCUT2D eigenvalue weighted by atomic mass is 10.2. The molecule has 2 unspecified atom stereocenters. The van der Waals surface area contributed by atoms with Crippen LogP contribution in [0.25, 0.3) is 0 Å². The second-order valence-corrected chi connectivity index (χ2v) is 6.18. The molecule has 2 atom stereocenters. The van der Waals surface area contributed by atoms with Crippen LogP contribution in [0.15, 0.2) is 30.3 Å². The third kappa shape index (κ3) is 6.80. The number of likely N-dealkylation sites (N-methyl/N-ethyl adjacent to an activating group) is 1. The van der Waals surface area contributed by atoms with E-state index < -0.39 is 29.8 Å². The molecule has 2 N–H and O–H groups in total. The molecule has 0 amide bonds. The summed E-state index contributed by atoms with van der Waals surface area (Å²) in [5.74, 6) is -1.15. The van der Waals surface area contributed by atoms with Crippen molar-refractivity contribution in [2.45, 2.75) is 52.1 Å². The Balaban J connectivity index is 2.54. The molecule has 23 heavy (non-hydrogen) atoms. The number of rotatable bonds is 7. The number of carbonyl (C=O) groups is 2. The molecule has 1 rings (SSSR count). The van der Waals surface area contributed by atoms with Crippen molar-refractivity contribution in [2.75, 3.05) is 7.05 Å². The third-order valence-electron chi connectivity index (χ3n) is 3.27. The molecule has 0 saturated carbocycles. The van der Waals surface area contributed by atoms with Crippen LogP contribution in [0.2, 0.25) is 0 Å². The summed E-state index contributed by atoms with van der Waals surface area (Å²) in [7, 11) is 1.82. The average Bonchev–Trinajstić information content (AvgIpc) is 2.45. The van der Waals surface area contributed by atoms with E-state index in [2.05, 4.69) is 0 Å². The SMILES string of the molecule is CC(OC(=O)C(C)N(C)Cc1ccccc1)C(=O)OC(C)(C)N. The maximum atomic E-state index is 12.2. The second-order valence-electron chi connectivity index (χ2n) is 6.18. The summed E-state index contributed by atoms with van der Waals surface area (Å²) < 4.78 is 10.2. The lowest BCUT2D eigenvalue weighted by molar-refractivity contribution is -0.177. The van der Waals surface area contributed by atoms with Gasteiger partial charge in [0.1, 0.15) is 6.04 Å². The molecule has 0 spiro atoms. The van der Waals surface area contributed by atoms with Crippen molar-refractivity contribution in [2.24, 2.45) is 5.73 Å². The second kappa shape index (κ2) is 8.08. The first-order valence-electron chi connectivity index (χ1n) is 7.56. The van der Waals surface area contributed by atoms with E-state index in [4.69, 9.17) is 15.2 Å². The van der Waals surface area contributed by atoms with E-state index in [0.29, 0.717) is 6.54 Å². The first kappa shape index (κ1) is 19.1. The minimum Gasteiger partial charge on any atom is -0.449 e. The summed E-state index contributed by atoms with van der Waals surface area (Å²) in [5, 5.41) is 0. The molecular formula is C17H26N2O4. The zero-order valence-corrected chi connectivity index (χ0v) is 14.4. The third-order valence-corrected chi connectivity index (χ3v) is 3.27. The Bertz CT molecular complexity index is 525. The fourth-order valence-electron chi connectivity index (χ4n) is 1.85. The molecule has 128 valence electrons. The molecule has 0 aliphatic rings. The maximum absolute atomic E-state index is 12.2. The zero-order chi connectivity index (χ0) is 17.6. The van der Waals surface area contributed by atoms with E-state index in [9.17, 15) is 9.59 Å². The van der Waals surface area contributed by atoms with Crippen LogP contribution in [0.5, 0.6) is 0 Å². The number of hydrogen-bond donors (Lipinski definition) is 1. The summed E-state index contributed by atoms with van der Waals surface area (Å²) in [5.41, 5.74) is 5.59. The smallest absolute Gasteiger partial charge is 0.348 e. The molecule has 6 heteroatoms. The number of nitrogens with zero attached hydrogens (tertiary/aromatic N) is 1. The summed E-state index contributed by atoms with van der Waals surface area (Å²) >= 11 is 0. The molecule has 6 nitrogen and oxygen atoms in total. The average molecular weight is 322 g/mol. The first-order valence-corrected chi connectivity index (χ1v) is 7.56. The fraction of sp³-hybridized carbons (Fsp3) is 0.529. The van der Waals surface area contributed by atoms with E-state index in [1.54, 1.807) is 20.8 Å². The number of nitrogens with two attached hydrogens (primary N) is 1. The zero-order valence-electron chi connectivity index (χ0n) is 14.4. The Morgan fingerprint density at radius 1 is 1.17 bits per heavy atom. The monoisotopic (exact) mass is 322 g/mol. The van der Waals surface area contributed by atoms with E-state index in [1.807, 2.05) is 42.3 Å². The minimum absolute atomic E-state index is 0.484. The van der Waals surface area contributed by atoms with Crippen LogP contribution in [0.1, 0.15) is 33.3 Å².